The van der Waals surface area contributed by atoms with Gasteiger partial charge in [0.2, 0.25) is 0 Å². The van der Waals surface area contributed by atoms with E-state index in [0.29, 0.717) is 16.9 Å². The van der Waals surface area contributed by atoms with Crippen LogP contribution in [0.1, 0.15) is 35.5 Å². The summed E-state index contributed by atoms with van der Waals surface area (Å²) in [5.41, 5.74) is 5.82. The number of hydrogen-bond donors (Lipinski definition) is 2. The monoisotopic (exact) mass is 312 g/mol. The second kappa shape index (κ2) is 6.74. The molecule has 0 bridgehead atoms. The molecule has 3 N–H and O–H groups in total. The molecule has 0 radical (unpaired) electrons. The van der Waals surface area contributed by atoms with Gasteiger partial charge < -0.3 is 15.5 Å². The third kappa shape index (κ3) is 4.06. The number of nitrogens with two attached hydrogens (primary N) is 1. The summed E-state index contributed by atoms with van der Waals surface area (Å²) in [6.07, 6.45) is 1.36. The molecule has 0 saturated carbocycles. The Hall–Kier alpha value is -1.85. The second-order valence-electron chi connectivity index (χ2n) is 5.10. The smallest absolute Gasteiger partial charge is 0.255 e. The number of furan rings is 1. The van der Waals surface area contributed by atoms with E-state index in [-0.39, 0.29) is 30.7 Å². The van der Waals surface area contributed by atoms with Crippen molar-refractivity contribution in [3.8, 4) is 0 Å². The average molecular weight is 313 g/mol. The minimum Gasteiger partial charge on any atom is -0.467 e. The third-order valence-corrected chi connectivity index (χ3v) is 3.09. The SMILES string of the molecule is CC(C)(NC(=O)c1coc(CN)c1)c1cccc(F)c1.Cl. The molecule has 0 aliphatic carbocycles. The molecular formula is C15H18ClFN2O2. The van der Waals surface area contributed by atoms with Gasteiger partial charge in [0.15, 0.2) is 0 Å². The van der Waals surface area contributed by atoms with Gasteiger partial charge in [-0.1, -0.05) is 12.1 Å². The molecule has 114 valence electrons. The lowest BCUT2D eigenvalue weighted by molar-refractivity contribution is 0.0911. The number of rotatable bonds is 4. The zero-order valence-electron chi connectivity index (χ0n) is 11.9. The van der Waals surface area contributed by atoms with E-state index in [4.69, 9.17) is 10.2 Å². The summed E-state index contributed by atoms with van der Waals surface area (Å²) < 4.78 is 18.4. The van der Waals surface area contributed by atoms with Gasteiger partial charge >= 0.3 is 0 Å². The van der Waals surface area contributed by atoms with Crippen molar-refractivity contribution in [2.24, 2.45) is 5.73 Å². The Bertz CT molecular complexity index is 626. The van der Waals surface area contributed by atoms with Crippen LogP contribution in [-0.4, -0.2) is 5.91 Å². The molecule has 0 fully saturated rings. The Labute approximate surface area is 128 Å². The van der Waals surface area contributed by atoms with Gasteiger partial charge in [-0.25, -0.2) is 4.39 Å². The maximum absolute atomic E-state index is 13.3. The van der Waals surface area contributed by atoms with Gasteiger partial charge in [-0.3, -0.25) is 4.79 Å². The molecule has 21 heavy (non-hydrogen) atoms. The zero-order valence-corrected chi connectivity index (χ0v) is 12.7. The molecule has 2 rings (SSSR count). The summed E-state index contributed by atoms with van der Waals surface area (Å²) in [5.74, 6) is -0.0834. The maximum atomic E-state index is 13.3. The van der Waals surface area contributed by atoms with Crippen LogP contribution in [-0.2, 0) is 12.1 Å². The van der Waals surface area contributed by atoms with Crippen LogP contribution in [0.15, 0.2) is 41.0 Å². The first-order valence-corrected chi connectivity index (χ1v) is 6.28. The van der Waals surface area contributed by atoms with Crippen LogP contribution >= 0.6 is 12.4 Å². The molecule has 4 nitrogen and oxygen atoms in total. The molecule has 0 unspecified atom stereocenters. The Morgan fingerprint density at radius 3 is 2.67 bits per heavy atom. The molecule has 0 spiro atoms. The summed E-state index contributed by atoms with van der Waals surface area (Å²) in [6.45, 7) is 3.85. The summed E-state index contributed by atoms with van der Waals surface area (Å²) >= 11 is 0. The molecule has 0 saturated heterocycles. The first kappa shape index (κ1) is 17.2. The van der Waals surface area contributed by atoms with Gasteiger partial charge in [-0.05, 0) is 37.6 Å². The normalized spacial score (nSPS) is 10.9. The Kier molecular flexibility index (Phi) is 5.52. The average Bonchev–Trinajstić information content (AvgIpc) is 2.87. The van der Waals surface area contributed by atoms with Gasteiger partial charge in [0.05, 0.1) is 17.6 Å². The second-order valence-corrected chi connectivity index (χ2v) is 5.10. The van der Waals surface area contributed by atoms with Crippen LogP contribution in [0.4, 0.5) is 4.39 Å². The van der Waals surface area contributed by atoms with E-state index in [0.717, 1.165) is 0 Å². The van der Waals surface area contributed by atoms with Crippen molar-refractivity contribution >= 4 is 18.3 Å². The van der Waals surface area contributed by atoms with Crippen LogP contribution in [0.3, 0.4) is 0 Å². The summed E-state index contributed by atoms with van der Waals surface area (Å²) in [6, 6.07) is 7.75. The number of carbonyl (C=O) groups excluding carboxylic acids is 1. The fourth-order valence-electron chi connectivity index (χ4n) is 1.91. The quantitative estimate of drug-likeness (QED) is 0.912. The lowest BCUT2D eigenvalue weighted by Crippen LogP contribution is -2.40. The first-order chi connectivity index (χ1) is 9.42. The molecule has 2 aromatic rings. The van der Waals surface area contributed by atoms with Crippen molar-refractivity contribution in [3.05, 3.63) is 59.3 Å². The highest BCUT2D eigenvalue weighted by Crippen LogP contribution is 2.21. The van der Waals surface area contributed by atoms with E-state index in [1.807, 2.05) is 13.8 Å². The van der Waals surface area contributed by atoms with E-state index in [1.165, 1.54) is 18.4 Å². The Morgan fingerprint density at radius 1 is 1.38 bits per heavy atom. The minimum absolute atomic E-state index is 0. The van der Waals surface area contributed by atoms with Crippen molar-refractivity contribution in [1.82, 2.24) is 5.32 Å². The van der Waals surface area contributed by atoms with Crippen LogP contribution in [0.2, 0.25) is 0 Å². The largest absolute Gasteiger partial charge is 0.467 e. The topological polar surface area (TPSA) is 68.3 Å². The predicted octanol–water partition coefficient (Wildman–Crippen LogP) is 2.96. The molecule has 1 heterocycles. The standard InChI is InChI=1S/C15H17FN2O2.ClH/c1-15(2,11-4-3-5-12(16)7-11)18-14(19)10-6-13(8-17)20-9-10;/h3-7,9H,8,17H2,1-2H3,(H,18,19);1H. The van der Waals surface area contributed by atoms with E-state index in [1.54, 1.807) is 18.2 Å². The van der Waals surface area contributed by atoms with Crippen molar-refractivity contribution in [3.63, 3.8) is 0 Å². The molecule has 0 aliphatic heterocycles. The lowest BCUT2D eigenvalue weighted by Gasteiger charge is -2.26. The van der Waals surface area contributed by atoms with Gasteiger partial charge in [0.1, 0.15) is 17.8 Å². The van der Waals surface area contributed by atoms with Crippen LogP contribution in [0, 0.1) is 5.82 Å². The number of amides is 1. The van der Waals surface area contributed by atoms with Crippen molar-refractivity contribution in [2.75, 3.05) is 0 Å². The molecule has 1 aromatic heterocycles. The fourth-order valence-corrected chi connectivity index (χ4v) is 1.91. The lowest BCUT2D eigenvalue weighted by atomic mass is 9.94. The first-order valence-electron chi connectivity index (χ1n) is 6.28. The molecule has 1 amide bonds. The Morgan fingerprint density at radius 2 is 2.10 bits per heavy atom. The summed E-state index contributed by atoms with van der Waals surface area (Å²) in [4.78, 5) is 12.1. The van der Waals surface area contributed by atoms with Gasteiger partial charge in [-0.15, -0.1) is 12.4 Å². The van der Waals surface area contributed by atoms with E-state index < -0.39 is 5.54 Å². The molecule has 0 aliphatic rings. The molecule has 6 heteroatoms. The summed E-state index contributed by atoms with van der Waals surface area (Å²) in [5, 5.41) is 2.85. The van der Waals surface area contributed by atoms with E-state index >= 15 is 0 Å². The van der Waals surface area contributed by atoms with Crippen LogP contribution in [0.25, 0.3) is 0 Å². The van der Waals surface area contributed by atoms with E-state index in [9.17, 15) is 9.18 Å². The number of benzene rings is 1. The fraction of sp³-hybridized carbons (Fsp3) is 0.267. The van der Waals surface area contributed by atoms with Crippen LogP contribution < -0.4 is 11.1 Å². The number of halogens is 2. The highest BCUT2D eigenvalue weighted by molar-refractivity contribution is 5.94. The third-order valence-electron chi connectivity index (χ3n) is 3.09. The van der Waals surface area contributed by atoms with Crippen LogP contribution in [0.5, 0.6) is 0 Å². The Balaban J connectivity index is 0.00000220. The predicted molar refractivity (Wildman–Crippen MR) is 80.7 cm³/mol. The van der Waals surface area contributed by atoms with Crippen molar-refractivity contribution in [1.29, 1.82) is 0 Å². The van der Waals surface area contributed by atoms with Crippen molar-refractivity contribution in [2.45, 2.75) is 25.9 Å². The van der Waals surface area contributed by atoms with Crippen molar-refractivity contribution < 1.29 is 13.6 Å². The highest BCUT2D eigenvalue weighted by Gasteiger charge is 2.24. The van der Waals surface area contributed by atoms with Gasteiger partial charge in [-0.2, -0.15) is 0 Å². The number of hydrogen-bond acceptors (Lipinski definition) is 3. The number of carbonyl (C=O) groups is 1. The van der Waals surface area contributed by atoms with Gasteiger partial charge in [0.25, 0.3) is 5.91 Å². The zero-order chi connectivity index (χ0) is 14.8. The molecule has 0 atom stereocenters. The minimum atomic E-state index is -0.695. The highest BCUT2D eigenvalue weighted by atomic mass is 35.5. The molecule has 1 aromatic carbocycles. The molecular weight excluding hydrogens is 295 g/mol. The van der Waals surface area contributed by atoms with Gasteiger partial charge in [0, 0.05) is 0 Å². The van der Waals surface area contributed by atoms with E-state index in [2.05, 4.69) is 5.32 Å². The summed E-state index contributed by atoms with van der Waals surface area (Å²) in [7, 11) is 0. The number of nitrogens with one attached hydrogen (secondary N) is 1. The maximum Gasteiger partial charge on any atom is 0.255 e.